The van der Waals surface area contributed by atoms with Gasteiger partial charge in [-0.25, -0.2) is 9.97 Å². The van der Waals surface area contributed by atoms with Crippen molar-refractivity contribution in [2.75, 3.05) is 20.3 Å². The molecule has 1 aromatic rings. The number of halogens is 1. The molecule has 0 bridgehead atoms. The predicted octanol–water partition coefficient (Wildman–Crippen LogP) is 1.80. The number of methoxy groups -OCH3 is 1. The van der Waals surface area contributed by atoms with Gasteiger partial charge in [0.2, 0.25) is 0 Å². The first-order chi connectivity index (χ1) is 7.77. The topological polar surface area (TPSA) is 47.0 Å². The van der Waals surface area contributed by atoms with E-state index in [2.05, 4.69) is 38.1 Å². The van der Waals surface area contributed by atoms with E-state index < -0.39 is 0 Å². The Balaban J connectivity index is 2.56. The van der Waals surface area contributed by atoms with Gasteiger partial charge in [-0.3, -0.25) is 0 Å². The molecule has 5 heteroatoms. The van der Waals surface area contributed by atoms with E-state index in [9.17, 15) is 0 Å². The molecule has 0 fully saturated rings. The second kappa shape index (κ2) is 7.70. The first-order valence-electron chi connectivity index (χ1n) is 5.44. The molecular formula is C11H18BrN3O. The molecule has 0 aliphatic carbocycles. The Morgan fingerprint density at radius 1 is 1.56 bits per heavy atom. The smallest absolute Gasteiger partial charge is 0.115 e. The molecule has 1 heterocycles. The number of nitrogens with zero attached hydrogens (tertiary/aromatic N) is 2. The van der Waals surface area contributed by atoms with E-state index in [0.717, 1.165) is 29.6 Å². The second-order valence-electron chi connectivity index (χ2n) is 3.63. The average Bonchev–Trinajstić information content (AvgIpc) is 2.29. The highest BCUT2D eigenvalue weighted by atomic mass is 79.9. The summed E-state index contributed by atoms with van der Waals surface area (Å²) in [5.41, 5.74) is 1.01. The zero-order chi connectivity index (χ0) is 11.8. The van der Waals surface area contributed by atoms with Crippen LogP contribution in [0.3, 0.4) is 0 Å². The van der Waals surface area contributed by atoms with Crippen LogP contribution in [0.2, 0.25) is 0 Å². The number of rotatable bonds is 7. The Hall–Kier alpha value is -0.520. The maximum absolute atomic E-state index is 5.19. The summed E-state index contributed by atoms with van der Waals surface area (Å²) in [6, 6.07) is 0.302. The lowest BCUT2D eigenvalue weighted by Crippen LogP contribution is -2.36. The van der Waals surface area contributed by atoms with Gasteiger partial charge in [-0.1, -0.05) is 6.92 Å². The van der Waals surface area contributed by atoms with Crippen molar-refractivity contribution in [3.63, 3.8) is 0 Å². The van der Waals surface area contributed by atoms with Gasteiger partial charge in [-0.15, -0.1) is 0 Å². The molecule has 1 unspecified atom stereocenters. The van der Waals surface area contributed by atoms with Crippen LogP contribution in [0, 0.1) is 0 Å². The lowest BCUT2D eigenvalue weighted by atomic mass is 10.1. The van der Waals surface area contributed by atoms with Crippen LogP contribution in [0.1, 0.15) is 19.0 Å². The lowest BCUT2D eigenvalue weighted by molar-refractivity contribution is 0.165. The molecule has 1 rings (SSSR count). The monoisotopic (exact) mass is 287 g/mol. The highest BCUT2D eigenvalue weighted by Crippen LogP contribution is 2.13. The summed E-state index contributed by atoms with van der Waals surface area (Å²) in [5.74, 6) is 0. The molecule has 0 radical (unpaired) electrons. The van der Waals surface area contributed by atoms with Gasteiger partial charge in [0.05, 0.1) is 16.8 Å². The molecule has 1 atom stereocenters. The predicted molar refractivity (Wildman–Crippen MR) is 67.4 cm³/mol. The van der Waals surface area contributed by atoms with E-state index in [1.807, 2.05) is 0 Å². The molecule has 90 valence electrons. The van der Waals surface area contributed by atoms with E-state index in [0.29, 0.717) is 12.6 Å². The van der Waals surface area contributed by atoms with Crippen molar-refractivity contribution in [2.45, 2.75) is 25.8 Å². The number of hydrogen-bond donors (Lipinski definition) is 1. The van der Waals surface area contributed by atoms with Crippen LogP contribution in [-0.4, -0.2) is 36.3 Å². The summed E-state index contributed by atoms with van der Waals surface area (Å²) >= 11 is 3.45. The first kappa shape index (κ1) is 13.5. The molecule has 1 N–H and O–H groups in total. The van der Waals surface area contributed by atoms with Crippen LogP contribution in [0.5, 0.6) is 0 Å². The van der Waals surface area contributed by atoms with Crippen molar-refractivity contribution in [1.29, 1.82) is 0 Å². The third-order valence-corrected chi connectivity index (χ3v) is 2.90. The summed E-state index contributed by atoms with van der Waals surface area (Å²) in [6.45, 7) is 3.84. The molecule has 16 heavy (non-hydrogen) atoms. The number of ether oxygens (including phenoxy) is 1. The van der Waals surface area contributed by atoms with E-state index in [-0.39, 0.29) is 0 Å². The van der Waals surface area contributed by atoms with E-state index in [1.165, 1.54) is 0 Å². The standard InChI is InChI=1S/C11H18BrN3O/c1-3-4-14-9(7-16-2)5-11-10(12)6-13-8-15-11/h6,8-9,14H,3-5,7H2,1-2H3. The summed E-state index contributed by atoms with van der Waals surface area (Å²) in [5, 5.41) is 3.44. The second-order valence-corrected chi connectivity index (χ2v) is 4.48. The van der Waals surface area contributed by atoms with Gasteiger partial charge < -0.3 is 10.1 Å². The fourth-order valence-corrected chi connectivity index (χ4v) is 1.84. The molecule has 4 nitrogen and oxygen atoms in total. The molecule has 0 spiro atoms. The van der Waals surface area contributed by atoms with Gasteiger partial charge in [-0.05, 0) is 28.9 Å². The van der Waals surface area contributed by atoms with E-state index in [4.69, 9.17) is 4.74 Å². The van der Waals surface area contributed by atoms with Crippen molar-refractivity contribution in [1.82, 2.24) is 15.3 Å². The molecule has 0 amide bonds. The van der Waals surface area contributed by atoms with E-state index in [1.54, 1.807) is 19.6 Å². The van der Waals surface area contributed by atoms with Crippen molar-refractivity contribution in [2.24, 2.45) is 0 Å². The summed E-state index contributed by atoms with van der Waals surface area (Å²) in [6.07, 6.45) is 5.30. The van der Waals surface area contributed by atoms with Crippen LogP contribution >= 0.6 is 15.9 Å². The van der Waals surface area contributed by atoms with Crippen LogP contribution in [0.4, 0.5) is 0 Å². The third-order valence-electron chi connectivity index (χ3n) is 2.23. The van der Waals surface area contributed by atoms with Gasteiger partial charge >= 0.3 is 0 Å². The minimum absolute atomic E-state index is 0.302. The number of hydrogen-bond acceptors (Lipinski definition) is 4. The van der Waals surface area contributed by atoms with Crippen molar-refractivity contribution >= 4 is 15.9 Å². The minimum Gasteiger partial charge on any atom is -0.383 e. The van der Waals surface area contributed by atoms with Gasteiger partial charge in [0, 0.05) is 25.8 Å². The maximum Gasteiger partial charge on any atom is 0.115 e. The van der Waals surface area contributed by atoms with Crippen LogP contribution in [-0.2, 0) is 11.2 Å². The van der Waals surface area contributed by atoms with Gasteiger partial charge in [-0.2, -0.15) is 0 Å². The van der Waals surface area contributed by atoms with Crippen LogP contribution < -0.4 is 5.32 Å². The Morgan fingerprint density at radius 3 is 3.00 bits per heavy atom. The molecule has 0 saturated heterocycles. The third kappa shape index (κ3) is 4.55. The van der Waals surface area contributed by atoms with Crippen LogP contribution in [0.15, 0.2) is 17.0 Å². The average molecular weight is 288 g/mol. The van der Waals surface area contributed by atoms with E-state index >= 15 is 0 Å². The normalized spacial score (nSPS) is 12.7. The minimum atomic E-state index is 0.302. The van der Waals surface area contributed by atoms with Crippen molar-refractivity contribution < 1.29 is 4.74 Å². The van der Waals surface area contributed by atoms with Gasteiger partial charge in [0.15, 0.2) is 0 Å². The van der Waals surface area contributed by atoms with Crippen molar-refractivity contribution in [3.05, 3.63) is 22.7 Å². The molecular weight excluding hydrogens is 270 g/mol. The van der Waals surface area contributed by atoms with Crippen molar-refractivity contribution in [3.8, 4) is 0 Å². The lowest BCUT2D eigenvalue weighted by Gasteiger charge is -2.17. The SMILES string of the molecule is CCCNC(COC)Cc1ncncc1Br. The molecule has 0 aromatic carbocycles. The van der Waals surface area contributed by atoms with Crippen LogP contribution in [0.25, 0.3) is 0 Å². The Morgan fingerprint density at radius 2 is 2.38 bits per heavy atom. The first-order valence-corrected chi connectivity index (χ1v) is 6.24. The number of nitrogens with one attached hydrogen (secondary N) is 1. The van der Waals surface area contributed by atoms with Gasteiger partial charge in [0.1, 0.15) is 6.33 Å². The quantitative estimate of drug-likeness (QED) is 0.831. The summed E-state index contributed by atoms with van der Waals surface area (Å²) in [7, 11) is 1.72. The molecule has 0 aliphatic rings. The van der Waals surface area contributed by atoms with Gasteiger partial charge in [0.25, 0.3) is 0 Å². The summed E-state index contributed by atoms with van der Waals surface area (Å²) < 4.78 is 6.15. The largest absolute Gasteiger partial charge is 0.383 e. The Kier molecular flexibility index (Phi) is 6.52. The molecule has 1 aromatic heterocycles. The zero-order valence-electron chi connectivity index (χ0n) is 9.74. The molecule has 0 aliphatic heterocycles. The fraction of sp³-hybridized carbons (Fsp3) is 0.636. The summed E-state index contributed by atoms with van der Waals surface area (Å²) in [4.78, 5) is 8.21. The highest BCUT2D eigenvalue weighted by molar-refractivity contribution is 9.10. The maximum atomic E-state index is 5.19. The molecule has 0 saturated carbocycles. The fourth-order valence-electron chi connectivity index (χ4n) is 1.46. The Labute approximate surface area is 105 Å². The highest BCUT2D eigenvalue weighted by Gasteiger charge is 2.11. The zero-order valence-corrected chi connectivity index (χ0v) is 11.3. The Bertz CT molecular complexity index is 309. The number of aromatic nitrogens is 2.